The fourth-order valence-corrected chi connectivity index (χ4v) is 2.40. The van der Waals surface area contributed by atoms with Crippen LogP contribution < -0.4 is 5.32 Å². The maximum atomic E-state index is 13.1. The van der Waals surface area contributed by atoms with Crippen molar-refractivity contribution in [1.29, 1.82) is 0 Å². The smallest absolute Gasteiger partial charge is 0.280 e. The van der Waals surface area contributed by atoms with Crippen molar-refractivity contribution in [2.75, 3.05) is 0 Å². The van der Waals surface area contributed by atoms with Gasteiger partial charge in [0.25, 0.3) is 18.8 Å². The van der Waals surface area contributed by atoms with Crippen molar-refractivity contribution in [2.45, 2.75) is 19.4 Å². The van der Waals surface area contributed by atoms with Crippen LogP contribution in [0.2, 0.25) is 5.02 Å². The summed E-state index contributed by atoms with van der Waals surface area (Å²) in [5.74, 6) is -0.649. The Morgan fingerprint density at radius 1 is 1.12 bits per heavy atom. The molecule has 0 radical (unpaired) electrons. The molecule has 5 nitrogen and oxygen atoms in total. The molecule has 0 saturated carbocycles. The minimum Gasteiger partial charge on any atom is -0.347 e. The van der Waals surface area contributed by atoms with E-state index in [2.05, 4.69) is 15.4 Å². The maximum Gasteiger partial charge on any atom is 0.280 e. The molecule has 136 valence electrons. The van der Waals surface area contributed by atoms with Gasteiger partial charge < -0.3 is 5.32 Å². The van der Waals surface area contributed by atoms with E-state index in [1.165, 1.54) is 0 Å². The fraction of sp³-hybridized carbons (Fsp3) is 0.188. The molecule has 26 heavy (non-hydrogen) atoms. The number of aromatic nitrogens is 3. The van der Waals surface area contributed by atoms with E-state index in [1.54, 1.807) is 24.3 Å². The van der Waals surface area contributed by atoms with Crippen molar-refractivity contribution in [3.63, 3.8) is 0 Å². The molecule has 0 atom stereocenters. The Bertz CT molecular complexity index is 943. The van der Waals surface area contributed by atoms with Gasteiger partial charge in [0.05, 0.1) is 0 Å². The molecule has 3 rings (SSSR count). The Kier molecular flexibility index (Phi) is 5.08. The molecule has 0 saturated heterocycles. The third kappa shape index (κ3) is 3.77. The van der Waals surface area contributed by atoms with Gasteiger partial charge in [-0.1, -0.05) is 23.7 Å². The molecular formula is C16H11ClF4N4O. The predicted octanol–water partition coefficient (Wildman–Crippen LogP) is 4.19. The zero-order chi connectivity index (χ0) is 18.8. The second-order valence-electron chi connectivity index (χ2n) is 5.32. The highest BCUT2D eigenvalue weighted by Gasteiger charge is 2.21. The van der Waals surface area contributed by atoms with E-state index in [0.29, 0.717) is 15.6 Å². The second kappa shape index (κ2) is 7.28. The molecule has 2 aromatic heterocycles. The van der Waals surface area contributed by atoms with E-state index < -0.39 is 30.1 Å². The topological polar surface area (TPSA) is 59.3 Å². The number of nitrogens with one attached hydrogen (secondary N) is 1. The van der Waals surface area contributed by atoms with Crippen molar-refractivity contribution in [3.8, 4) is 0 Å². The highest BCUT2D eigenvalue weighted by molar-refractivity contribution is 6.30. The van der Waals surface area contributed by atoms with E-state index in [0.717, 1.165) is 11.6 Å². The quantitative estimate of drug-likeness (QED) is 0.669. The van der Waals surface area contributed by atoms with Crippen LogP contribution in [0.15, 0.2) is 36.4 Å². The lowest BCUT2D eigenvalue weighted by atomic mass is 10.2. The van der Waals surface area contributed by atoms with Gasteiger partial charge in [0.15, 0.2) is 11.3 Å². The minimum absolute atomic E-state index is 0.154. The molecule has 0 unspecified atom stereocenters. The average Bonchev–Trinajstić information content (AvgIpc) is 3.04. The van der Waals surface area contributed by atoms with E-state index in [-0.39, 0.29) is 17.9 Å². The maximum absolute atomic E-state index is 13.1. The Morgan fingerprint density at radius 2 is 1.81 bits per heavy atom. The third-order valence-corrected chi connectivity index (χ3v) is 3.77. The largest absolute Gasteiger partial charge is 0.347 e. The third-order valence-electron chi connectivity index (χ3n) is 3.52. The summed E-state index contributed by atoms with van der Waals surface area (Å²) in [5.41, 5.74) is -1.27. The Morgan fingerprint density at radius 3 is 2.42 bits per heavy atom. The number of nitrogens with zero attached hydrogens (tertiary/aromatic N) is 3. The number of carbonyl (C=O) groups is 1. The van der Waals surface area contributed by atoms with Gasteiger partial charge in [-0.25, -0.2) is 27.1 Å². The van der Waals surface area contributed by atoms with Crippen LogP contribution in [0.25, 0.3) is 5.65 Å². The summed E-state index contributed by atoms with van der Waals surface area (Å²) in [4.78, 5) is 15.7. The number of carbonyl (C=O) groups excluding carboxylic acids is 1. The molecule has 1 aromatic carbocycles. The van der Waals surface area contributed by atoms with E-state index in [4.69, 9.17) is 11.6 Å². The first-order chi connectivity index (χ1) is 12.3. The first kappa shape index (κ1) is 18.1. The van der Waals surface area contributed by atoms with Crippen LogP contribution >= 0.6 is 11.6 Å². The Balaban J connectivity index is 1.86. The second-order valence-corrected chi connectivity index (χ2v) is 5.75. The summed E-state index contributed by atoms with van der Waals surface area (Å²) < 4.78 is 52.5. The van der Waals surface area contributed by atoms with E-state index in [9.17, 15) is 22.4 Å². The number of fused-ring (bicyclic) bond motifs is 1. The van der Waals surface area contributed by atoms with Gasteiger partial charge in [-0.15, -0.1) is 0 Å². The summed E-state index contributed by atoms with van der Waals surface area (Å²) in [6, 6.07) is 8.37. The van der Waals surface area contributed by atoms with Gasteiger partial charge >= 0.3 is 0 Å². The standard InChI is InChI=1S/C16H11ClF4N4O/c17-9-3-1-8(2-4-9)7-22-16(26)11-6-13-23-10(14(18)19)5-12(15(20)21)25(13)24-11/h1-6,14-15H,7H2,(H,22,26). The minimum atomic E-state index is -3.05. The summed E-state index contributed by atoms with van der Waals surface area (Å²) in [5, 5.41) is 6.86. The van der Waals surface area contributed by atoms with Crippen molar-refractivity contribution < 1.29 is 22.4 Å². The zero-order valence-electron chi connectivity index (χ0n) is 13.0. The van der Waals surface area contributed by atoms with Crippen molar-refractivity contribution >= 4 is 23.2 Å². The van der Waals surface area contributed by atoms with E-state index >= 15 is 0 Å². The Hall–Kier alpha value is -2.68. The molecule has 2 heterocycles. The van der Waals surface area contributed by atoms with Crippen LogP contribution in [0, 0.1) is 0 Å². The summed E-state index contributed by atoms with van der Waals surface area (Å²) >= 11 is 5.77. The normalized spacial score (nSPS) is 11.5. The monoisotopic (exact) mass is 386 g/mol. The van der Waals surface area contributed by atoms with Gasteiger partial charge in [-0.2, -0.15) is 5.10 Å². The lowest BCUT2D eigenvalue weighted by molar-refractivity contribution is 0.0944. The molecule has 1 N–H and O–H groups in total. The number of alkyl halides is 4. The lowest BCUT2D eigenvalue weighted by Crippen LogP contribution is -2.23. The van der Waals surface area contributed by atoms with Crippen LogP contribution in [0.5, 0.6) is 0 Å². The first-order valence-electron chi connectivity index (χ1n) is 7.34. The molecule has 0 fully saturated rings. The van der Waals surface area contributed by atoms with Gasteiger partial charge in [0.1, 0.15) is 11.4 Å². The van der Waals surface area contributed by atoms with Gasteiger partial charge in [0.2, 0.25) is 0 Å². The highest BCUT2D eigenvalue weighted by atomic mass is 35.5. The molecular weight excluding hydrogens is 376 g/mol. The van der Waals surface area contributed by atoms with Crippen LogP contribution in [-0.4, -0.2) is 20.5 Å². The fourth-order valence-electron chi connectivity index (χ4n) is 2.27. The van der Waals surface area contributed by atoms with E-state index in [1.807, 2.05) is 0 Å². The highest BCUT2D eigenvalue weighted by Crippen LogP contribution is 2.25. The van der Waals surface area contributed by atoms with Crippen molar-refractivity contribution in [2.24, 2.45) is 0 Å². The van der Waals surface area contributed by atoms with Crippen LogP contribution in [-0.2, 0) is 6.54 Å². The number of rotatable bonds is 5. The molecule has 0 aliphatic heterocycles. The van der Waals surface area contributed by atoms with Crippen LogP contribution in [0.3, 0.4) is 0 Å². The summed E-state index contributed by atoms with van der Waals surface area (Å²) in [6.45, 7) is 0.154. The number of halogens is 5. The molecule has 0 spiro atoms. The SMILES string of the molecule is O=C(NCc1ccc(Cl)cc1)c1cc2nc(C(F)F)cc(C(F)F)n2n1. The zero-order valence-corrected chi connectivity index (χ0v) is 13.7. The predicted molar refractivity (Wildman–Crippen MR) is 85.5 cm³/mol. The summed E-state index contributed by atoms with van der Waals surface area (Å²) in [7, 11) is 0. The van der Waals surface area contributed by atoms with Crippen molar-refractivity contribution in [3.05, 3.63) is 64.1 Å². The average molecular weight is 387 g/mol. The van der Waals surface area contributed by atoms with Gasteiger partial charge in [-0.05, 0) is 23.8 Å². The molecule has 0 aliphatic carbocycles. The number of amides is 1. The molecule has 10 heteroatoms. The molecule has 3 aromatic rings. The van der Waals surface area contributed by atoms with Crippen molar-refractivity contribution in [1.82, 2.24) is 19.9 Å². The number of hydrogen-bond donors (Lipinski definition) is 1. The van der Waals surface area contributed by atoms with Gasteiger partial charge in [-0.3, -0.25) is 4.79 Å². The summed E-state index contributed by atoms with van der Waals surface area (Å²) in [6.07, 6.45) is -6.07. The van der Waals surface area contributed by atoms with Crippen LogP contribution in [0.1, 0.15) is 40.3 Å². The number of benzene rings is 1. The molecule has 0 bridgehead atoms. The molecule has 0 aliphatic rings. The number of hydrogen-bond acceptors (Lipinski definition) is 3. The lowest BCUT2D eigenvalue weighted by Gasteiger charge is -2.06. The van der Waals surface area contributed by atoms with Gasteiger partial charge in [0, 0.05) is 17.6 Å². The van der Waals surface area contributed by atoms with Crippen LogP contribution in [0.4, 0.5) is 17.6 Å². The Labute approximate surface area is 149 Å². The molecule has 1 amide bonds. The first-order valence-corrected chi connectivity index (χ1v) is 7.72.